The molecule has 1 aliphatic rings. The molecule has 0 unspecified atom stereocenters. The lowest BCUT2D eigenvalue weighted by Gasteiger charge is -1.99. The summed E-state index contributed by atoms with van der Waals surface area (Å²) in [6.45, 7) is 0. The minimum atomic E-state index is 1.06. The van der Waals surface area contributed by atoms with E-state index in [0.29, 0.717) is 0 Å². The zero-order valence-corrected chi connectivity index (χ0v) is 8.44. The van der Waals surface area contributed by atoms with Crippen molar-refractivity contribution in [2.45, 2.75) is 12.8 Å². The Labute approximate surface area is 89.3 Å². The molecule has 0 fully saturated rings. The fourth-order valence-corrected chi connectivity index (χ4v) is 1.87. The first kappa shape index (κ1) is 8.54. The Morgan fingerprint density at radius 2 is 1.67 bits per heavy atom. The van der Waals surface area contributed by atoms with Crippen molar-refractivity contribution in [3.63, 3.8) is 0 Å². The third kappa shape index (κ3) is 1.73. The minimum absolute atomic E-state index is 1.06. The average molecular weight is 196 g/mol. The molecule has 0 saturated heterocycles. The molecule has 1 heterocycles. The number of rotatable bonds is 3. The summed E-state index contributed by atoms with van der Waals surface area (Å²) in [6.07, 6.45) is 2.15. The number of hydrogen-bond donors (Lipinski definition) is 0. The Kier molecular flexibility index (Phi) is 1.95. The number of aryl methyl sites for hydroxylation is 2. The van der Waals surface area contributed by atoms with Gasteiger partial charge in [0.1, 0.15) is 0 Å². The van der Waals surface area contributed by atoms with E-state index in [1.807, 2.05) is 6.07 Å². The number of hydrogen-bond acceptors (Lipinski definition) is 1. The van der Waals surface area contributed by atoms with Crippen LogP contribution in [-0.4, -0.2) is 0 Å². The number of benzene rings is 2. The van der Waals surface area contributed by atoms with Gasteiger partial charge in [0, 0.05) is 0 Å². The molecule has 2 aromatic carbocycles. The molecule has 15 heavy (non-hydrogen) atoms. The molecule has 0 saturated carbocycles. The van der Waals surface area contributed by atoms with Crippen molar-refractivity contribution in [1.29, 1.82) is 0 Å². The van der Waals surface area contributed by atoms with Gasteiger partial charge >= 0.3 is 0 Å². The quantitative estimate of drug-likeness (QED) is 0.583. The van der Waals surface area contributed by atoms with Gasteiger partial charge in [-0.15, -0.1) is 0 Å². The van der Waals surface area contributed by atoms with Crippen LogP contribution in [0.15, 0.2) is 48.5 Å². The zero-order chi connectivity index (χ0) is 10.1. The fourth-order valence-electron chi connectivity index (χ4n) is 1.87. The molecule has 0 aromatic heterocycles. The Hall–Kier alpha value is -1.76. The summed E-state index contributed by atoms with van der Waals surface area (Å²) in [6, 6.07) is 16.8. The minimum Gasteiger partial charge on any atom is -0.449 e. The molecule has 2 aromatic rings. The molecule has 3 rings (SSSR count). The predicted octanol–water partition coefficient (Wildman–Crippen LogP) is 3.58. The van der Waals surface area contributed by atoms with E-state index in [0.717, 1.165) is 24.3 Å². The van der Waals surface area contributed by atoms with Gasteiger partial charge in [0.05, 0.1) is 0 Å². The summed E-state index contributed by atoms with van der Waals surface area (Å²) in [5.74, 6) is 2.16. The molecular formula is C14H12O. The lowest BCUT2D eigenvalue weighted by atomic mass is 10.0. The third-order valence-corrected chi connectivity index (χ3v) is 2.76. The molecule has 1 heteroatoms. The topological polar surface area (TPSA) is 12.5 Å². The average Bonchev–Trinajstić information content (AvgIpc) is 3.07. The Morgan fingerprint density at radius 3 is 2.53 bits per heavy atom. The molecule has 0 atom stereocenters. The van der Waals surface area contributed by atoms with Gasteiger partial charge < -0.3 is 4.74 Å². The van der Waals surface area contributed by atoms with E-state index in [-0.39, 0.29) is 0 Å². The Bertz CT molecular complexity index is 474. The highest BCUT2D eigenvalue weighted by atomic mass is 16.6. The lowest BCUT2D eigenvalue weighted by Crippen LogP contribution is -1.89. The smallest absolute Gasteiger partial charge is 0.173 e. The van der Waals surface area contributed by atoms with Crippen LogP contribution >= 0.6 is 0 Å². The summed E-state index contributed by atoms with van der Waals surface area (Å²) in [7, 11) is 0. The van der Waals surface area contributed by atoms with E-state index in [2.05, 4.69) is 42.5 Å². The lowest BCUT2D eigenvalue weighted by molar-refractivity contribution is 0.643. The van der Waals surface area contributed by atoms with Gasteiger partial charge in [-0.1, -0.05) is 42.5 Å². The zero-order valence-electron chi connectivity index (χ0n) is 8.44. The van der Waals surface area contributed by atoms with Crippen LogP contribution in [0.25, 0.3) is 0 Å². The predicted molar refractivity (Wildman–Crippen MR) is 60.4 cm³/mol. The molecule has 1 aliphatic heterocycles. The summed E-state index contributed by atoms with van der Waals surface area (Å²) in [5.41, 5.74) is 2.71. The van der Waals surface area contributed by atoms with Crippen molar-refractivity contribution in [1.82, 2.24) is 0 Å². The van der Waals surface area contributed by atoms with Crippen LogP contribution in [0, 0.1) is 0 Å². The van der Waals surface area contributed by atoms with Crippen molar-refractivity contribution in [3.8, 4) is 11.5 Å². The number of para-hydroxylation sites is 1. The van der Waals surface area contributed by atoms with Gasteiger partial charge in [0.15, 0.2) is 11.5 Å². The summed E-state index contributed by atoms with van der Waals surface area (Å²) in [5, 5.41) is 0. The van der Waals surface area contributed by atoms with Gasteiger partial charge in [-0.25, -0.2) is 0 Å². The van der Waals surface area contributed by atoms with E-state index in [1.54, 1.807) is 0 Å². The van der Waals surface area contributed by atoms with Gasteiger partial charge in [-0.05, 0) is 30.0 Å². The van der Waals surface area contributed by atoms with Crippen LogP contribution in [0.5, 0.6) is 11.5 Å². The maximum Gasteiger partial charge on any atom is 0.173 e. The molecule has 0 radical (unpaired) electrons. The largest absolute Gasteiger partial charge is 0.449 e. The van der Waals surface area contributed by atoms with E-state index < -0.39 is 0 Å². The molecule has 0 spiro atoms. The van der Waals surface area contributed by atoms with Crippen LogP contribution < -0.4 is 4.74 Å². The Balaban J connectivity index is 1.71. The second-order valence-electron chi connectivity index (χ2n) is 3.83. The van der Waals surface area contributed by atoms with Crippen molar-refractivity contribution < 1.29 is 4.74 Å². The second-order valence-corrected chi connectivity index (χ2v) is 3.83. The standard InChI is InChI=1S/C14H12O/c1-2-5-11(6-3-1)9-10-12-7-4-8-13-14(12)15-13/h1-8H,9-10H2. The number of fused-ring (bicyclic) bond motifs is 1. The normalized spacial score (nSPS) is 11.7. The SMILES string of the molecule is c1ccc(CCc2cccc3c2O3)cc1. The van der Waals surface area contributed by atoms with Gasteiger partial charge in [-0.2, -0.15) is 0 Å². The third-order valence-electron chi connectivity index (χ3n) is 2.76. The maximum atomic E-state index is 5.36. The van der Waals surface area contributed by atoms with E-state index in [9.17, 15) is 0 Å². The van der Waals surface area contributed by atoms with Gasteiger partial charge in [-0.3, -0.25) is 0 Å². The van der Waals surface area contributed by atoms with E-state index >= 15 is 0 Å². The molecule has 1 nitrogen and oxygen atoms in total. The van der Waals surface area contributed by atoms with Crippen LogP contribution in [0.2, 0.25) is 0 Å². The van der Waals surface area contributed by atoms with Crippen LogP contribution in [-0.2, 0) is 12.8 Å². The molecule has 0 N–H and O–H groups in total. The Morgan fingerprint density at radius 1 is 0.800 bits per heavy atom. The van der Waals surface area contributed by atoms with Gasteiger partial charge in [0.2, 0.25) is 0 Å². The summed E-state index contributed by atoms with van der Waals surface area (Å²) in [4.78, 5) is 0. The first-order valence-electron chi connectivity index (χ1n) is 5.27. The highest BCUT2D eigenvalue weighted by Crippen LogP contribution is 2.47. The molecule has 0 aliphatic carbocycles. The van der Waals surface area contributed by atoms with Crippen molar-refractivity contribution in [2.24, 2.45) is 0 Å². The monoisotopic (exact) mass is 196 g/mol. The summed E-state index contributed by atoms with van der Waals surface area (Å²) >= 11 is 0. The highest BCUT2D eigenvalue weighted by molar-refractivity contribution is 5.59. The first-order valence-corrected chi connectivity index (χ1v) is 5.27. The molecular weight excluding hydrogens is 184 g/mol. The van der Waals surface area contributed by atoms with E-state index in [1.165, 1.54) is 11.1 Å². The van der Waals surface area contributed by atoms with Crippen molar-refractivity contribution in [2.75, 3.05) is 0 Å². The van der Waals surface area contributed by atoms with Crippen molar-refractivity contribution >= 4 is 0 Å². The van der Waals surface area contributed by atoms with Gasteiger partial charge in [0.25, 0.3) is 0 Å². The maximum absolute atomic E-state index is 5.36. The van der Waals surface area contributed by atoms with E-state index in [4.69, 9.17) is 4.74 Å². The fraction of sp³-hybridized carbons (Fsp3) is 0.143. The second kappa shape index (κ2) is 3.43. The molecule has 74 valence electrons. The van der Waals surface area contributed by atoms with Crippen LogP contribution in [0.3, 0.4) is 0 Å². The van der Waals surface area contributed by atoms with Crippen molar-refractivity contribution in [3.05, 3.63) is 59.7 Å². The molecule has 0 bridgehead atoms. The first-order chi connectivity index (χ1) is 7.43. The van der Waals surface area contributed by atoms with Crippen LogP contribution in [0.4, 0.5) is 0 Å². The highest BCUT2D eigenvalue weighted by Gasteiger charge is 2.22. The number of ether oxygens (including phenoxy) is 1. The summed E-state index contributed by atoms with van der Waals surface area (Å²) < 4.78 is 5.36. The molecule has 0 amide bonds. The van der Waals surface area contributed by atoms with Crippen LogP contribution in [0.1, 0.15) is 11.1 Å².